The smallest absolute Gasteiger partial charge is 0.225 e. The maximum atomic E-state index is 5.69. The second-order valence-electron chi connectivity index (χ2n) is 3.83. The maximum absolute atomic E-state index is 5.69. The number of rotatable bonds is 1. The first-order valence-electron chi connectivity index (χ1n) is 5.08. The molecular weight excluding hydrogens is 164 g/mol. The number of nitrogens with zero attached hydrogens (tertiary/aromatic N) is 1. The molecule has 0 aliphatic heterocycles. The molecule has 1 aromatic heterocycles. The molecule has 1 aromatic rings. The normalized spacial score (nSPS) is 20.0. The molecule has 3 nitrogen and oxygen atoms in total. The SMILES string of the molecule is Nc1oncc1C1CCCCCC1. The highest BCUT2D eigenvalue weighted by Gasteiger charge is 2.18. The van der Waals surface area contributed by atoms with E-state index in [1.807, 2.05) is 0 Å². The number of anilines is 1. The minimum Gasteiger partial charge on any atom is -0.367 e. The van der Waals surface area contributed by atoms with Crippen molar-refractivity contribution in [3.8, 4) is 0 Å². The average molecular weight is 180 g/mol. The third-order valence-electron chi connectivity index (χ3n) is 2.92. The Morgan fingerprint density at radius 3 is 2.46 bits per heavy atom. The summed E-state index contributed by atoms with van der Waals surface area (Å²) in [5.74, 6) is 1.11. The third kappa shape index (κ3) is 1.85. The van der Waals surface area contributed by atoms with Gasteiger partial charge in [0, 0.05) is 5.56 Å². The quantitative estimate of drug-likeness (QED) is 0.676. The van der Waals surface area contributed by atoms with Crippen molar-refractivity contribution in [3.63, 3.8) is 0 Å². The lowest BCUT2D eigenvalue weighted by Gasteiger charge is -2.10. The molecule has 1 fully saturated rings. The number of nitrogens with two attached hydrogens (primary N) is 1. The van der Waals surface area contributed by atoms with Gasteiger partial charge in [-0.15, -0.1) is 0 Å². The van der Waals surface area contributed by atoms with Crippen LogP contribution in [0.5, 0.6) is 0 Å². The van der Waals surface area contributed by atoms with Crippen molar-refractivity contribution in [2.75, 3.05) is 5.73 Å². The second kappa shape index (κ2) is 3.81. The topological polar surface area (TPSA) is 52.0 Å². The van der Waals surface area contributed by atoms with Gasteiger partial charge in [0.05, 0.1) is 6.20 Å². The monoisotopic (exact) mass is 180 g/mol. The third-order valence-corrected chi connectivity index (χ3v) is 2.92. The number of aromatic nitrogens is 1. The highest BCUT2D eigenvalue weighted by atomic mass is 16.5. The van der Waals surface area contributed by atoms with E-state index in [2.05, 4.69) is 5.16 Å². The van der Waals surface area contributed by atoms with Crippen LogP contribution in [0.4, 0.5) is 5.88 Å². The summed E-state index contributed by atoms with van der Waals surface area (Å²) in [6.45, 7) is 0. The molecule has 3 heteroatoms. The van der Waals surface area contributed by atoms with E-state index in [0.717, 1.165) is 5.56 Å². The van der Waals surface area contributed by atoms with E-state index in [4.69, 9.17) is 10.3 Å². The summed E-state index contributed by atoms with van der Waals surface area (Å²) in [4.78, 5) is 0. The van der Waals surface area contributed by atoms with Crippen LogP contribution in [-0.4, -0.2) is 5.16 Å². The number of hydrogen-bond donors (Lipinski definition) is 1. The standard InChI is InChI=1S/C10H16N2O/c11-10-9(7-12-13-10)8-5-3-1-2-4-6-8/h7-8H,1-6,11H2. The first-order chi connectivity index (χ1) is 6.38. The van der Waals surface area contributed by atoms with Crippen LogP contribution in [0.1, 0.15) is 50.0 Å². The van der Waals surface area contributed by atoms with Crippen molar-refractivity contribution in [2.24, 2.45) is 0 Å². The lowest BCUT2D eigenvalue weighted by Crippen LogP contribution is -1.98. The van der Waals surface area contributed by atoms with Crippen molar-refractivity contribution < 1.29 is 4.52 Å². The molecule has 0 atom stereocenters. The molecule has 1 aliphatic carbocycles. The molecule has 1 aliphatic rings. The fourth-order valence-electron chi connectivity index (χ4n) is 2.15. The van der Waals surface area contributed by atoms with Crippen molar-refractivity contribution >= 4 is 5.88 Å². The molecular formula is C10H16N2O. The van der Waals surface area contributed by atoms with Crippen LogP contribution >= 0.6 is 0 Å². The van der Waals surface area contributed by atoms with Crippen LogP contribution in [0.3, 0.4) is 0 Å². The van der Waals surface area contributed by atoms with Gasteiger partial charge < -0.3 is 10.3 Å². The largest absolute Gasteiger partial charge is 0.367 e. The Bertz CT molecular complexity index is 262. The minimum absolute atomic E-state index is 0.520. The summed E-state index contributed by atoms with van der Waals surface area (Å²) in [5, 5.41) is 3.73. The van der Waals surface area contributed by atoms with Gasteiger partial charge in [0.1, 0.15) is 0 Å². The molecule has 2 N–H and O–H groups in total. The van der Waals surface area contributed by atoms with E-state index in [9.17, 15) is 0 Å². The first-order valence-corrected chi connectivity index (χ1v) is 5.08. The Morgan fingerprint density at radius 1 is 1.23 bits per heavy atom. The Labute approximate surface area is 78.3 Å². The van der Waals surface area contributed by atoms with Gasteiger partial charge in [-0.3, -0.25) is 0 Å². The minimum atomic E-state index is 0.520. The number of nitrogen functional groups attached to an aromatic ring is 1. The van der Waals surface area contributed by atoms with Crippen molar-refractivity contribution in [1.82, 2.24) is 5.16 Å². The first kappa shape index (κ1) is 8.60. The zero-order valence-corrected chi connectivity index (χ0v) is 7.83. The van der Waals surface area contributed by atoms with E-state index in [1.54, 1.807) is 6.20 Å². The lowest BCUT2D eigenvalue weighted by molar-refractivity contribution is 0.435. The Morgan fingerprint density at radius 2 is 1.92 bits per heavy atom. The van der Waals surface area contributed by atoms with Gasteiger partial charge in [-0.1, -0.05) is 30.8 Å². The summed E-state index contributed by atoms with van der Waals surface area (Å²) >= 11 is 0. The van der Waals surface area contributed by atoms with Gasteiger partial charge in [0.2, 0.25) is 5.88 Å². The van der Waals surface area contributed by atoms with Crippen LogP contribution in [0.2, 0.25) is 0 Å². The molecule has 2 rings (SSSR count). The molecule has 0 saturated heterocycles. The van der Waals surface area contributed by atoms with Crippen LogP contribution < -0.4 is 5.73 Å². The molecule has 1 heterocycles. The number of hydrogen-bond acceptors (Lipinski definition) is 3. The average Bonchev–Trinajstić information content (AvgIpc) is 2.43. The molecule has 0 amide bonds. The van der Waals surface area contributed by atoms with Gasteiger partial charge in [0.15, 0.2) is 0 Å². The van der Waals surface area contributed by atoms with E-state index < -0.39 is 0 Å². The van der Waals surface area contributed by atoms with Crippen molar-refractivity contribution in [3.05, 3.63) is 11.8 Å². The molecule has 0 unspecified atom stereocenters. The molecule has 13 heavy (non-hydrogen) atoms. The Balaban J connectivity index is 2.10. The Kier molecular flexibility index (Phi) is 2.52. The fourth-order valence-corrected chi connectivity index (χ4v) is 2.15. The zero-order valence-electron chi connectivity index (χ0n) is 7.83. The van der Waals surface area contributed by atoms with Crippen LogP contribution in [0.25, 0.3) is 0 Å². The van der Waals surface area contributed by atoms with E-state index in [1.165, 1.54) is 38.5 Å². The van der Waals surface area contributed by atoms with Gasteiger partial charge in [-0.2, -0.15) is 0 Å². The van der Waals surface area contributed by atoms with E-state index >= 15 is 0 Å². The van der Waals surface area contributed by atoms with Gasteiger partial charge >= 0.3 is 0 Å². The second-order valence-corrected chi connectivity index (χ2v) is 3.83. The zero-order chi connectivity index (χ0) is 9.10. The summed E-state index contributed by atoms with van der Waals surface area (Å²) < 4.78 is 4.89. The van der Waals surface area contributed by atoms with Crippen molar-refractivity contribution in [2.45, 2.75) is 44.4 Å². The predicted octanol–water partition coefficient (Wildman–Crippen LogP) is 2.69. The van der Waals surface area contributed by atoms with Crippen LogP contribution in [0, 0.1) is 0 Å². The van der Waals surface area contributed by atoms with Crippen molar-refractivity contribution in [1.29, 1.82) is 0 Å². The van der Waals surface area contributed by atoms with E-state index in [-0.39, 0.29) is 0 Å². The Hall–Kier alpha value is -0.990. The lowest BCUT2D eigenvalue weighted by atomic mass is 9.94. The van der Waals surface area contributed by atoms with Gasteiger partial charge in [-0.25, -0.2) is 0 Å². The summed E-state index contributed by atoms with van der Waals surface area (Å²) in [5.41, 5.74) is 6.82. The molecule has 1 saturated carbocycles. The molecule has 0 spiro atoms. The summed E-state index contributed by atoms with van der Waals surface area (Å²) in [7, 11) is 0. The molecule has 0 aromatic carbocycles. The fraction of sp³-hybridized carbons (Fsp3) is 0.700. The van der Waals surface area contributed by atoms with Crippen LogP contribution in [0.15, 0.2) is 10.7 Å². The molecule has 72 valence electrons. The van der Waals surface area contributed by atoms with Crippen LogP contribution in [-0.2, 0) is 0 Å². The van der Waals surface area contributed by atoms with E-state index in [0.29, 0.717) is 11.8 Å². The highest BCUT2D eigenvalue weighted by Crippen LogP contribution is 2.34. The molecule has 0 radical (unpaired) electrons. The summed E-state index contributed by atoms with van der Waals surface area (Å²) in [6, 6.07) is 0. The van der Waals surface area contributed by atoms with Gasteiger partial charge in [-0.05, 0) is 18.8 Å². The van der Waals surface area contributed by atoms with Gasteiger partial charge in [0.25, 0.3) is 0 Å². The maximum Gasteiger partial charge on any atom is 0.225 e. The summed E-state index contributed by atoms with van der Waals surface area (Å²) in [6.07, 6.45) is 9.62. The highest BCUT2D eigenvalue weighted by molar-refractivity contribution is 5.36. The molecule has 0 bridgehead atoms. The predicted molar refractivity (Wildman–Crippen MR) is 51.4 cm³/mol.